The summed E-state index contributed by atoms with van der Waals surface area (Å²) in [6.45, 7) is 1.78. The van der Waals surface area contributed by atoms with Gasteiger partial charge in [0.15, 0.2) is 17.4 Å². The summed E-state index contributed by atoms with van der Waals surface area (Å²) >= 11 is 0. The van der Waals surface area contributed by atoms with Crippen LogP contribution < -0.4 is 9.64 Å². The number of benzene rings is 1. The zero-order valence-electron chi connectivity index (χ0n) is 18.5. The highest BCUT2D eigenvalue weighted by molar-refractivity contribution is 7.88. The van der Waals surface area contributed by atoms with Crippen molar-refractivity contribution in [2.24, 2.45) is 0 Å². The lowest BCUT2D eigenvalue weighted by atomic mass is 10.1. The summed E-state index contributed by atoms with van der Waals surface area (Å²) in [5.41, 5.74) is 2.82. The normalized spacial score (nSPS) is 17.6. The molecule has 4 heterocycles. The Kier molecular flexibility index (Phi) is 5.94. The SMILES string of the molecule is CS(=O)(=O)N1CCc2nc(N3CCC(Oc4ccc(F)cc4F)CC3)c(-c3cn[nH]c3)nc2C1. The number of nitrogens with one attached hydrogen (secondary N) is 1. The zero-order valence-corrected chi connectivity index (χ0v) is 19.4. The lowest BCUT2D eigenvalue weighted by Crippen LogP contribution is -2.40. The summed E-state index contributed by atoms with van der Waals surface area (Å²) in [5.74, 6) is -0.604. The van der Waals surface area contributed by atoms with E-state index >= 15 is 0 Å². The summed E-state index contributed by atoms with van der Waals surface area (Å²) < 4.78 is 58.4. The first kappa shape index (κ1) is 22.7. The zero-order chi connectivity index (χ0) is 23.9. The molecule has 2 aromatic heterocycles. The Balaban J connectivity index is 1.37. The monoisotopic (exact) mass is 490 g/mol. The summed E-state index contributed by atoms with van der Waals surface area (Å²) in [4.78, 5) is 11.8. The van der Waals surface area contributed by atoms with Gasteiger partial charge in [-0.05, 0) is 12.1 Å². The fourth-order valence-corrected chi connectivity index (χ4v) is 5.09. The predicted molar refractivity (Wildman–Crippen MR) is 121 cm³/mol. The topological polar surface area (TPSA) is 104 Å². The van der Waals surface area contributed by atoms with Gasteiger partial charge in [0, 0.05) is 56.7 Å². The number of sulfonamides is 1. The number of rotatable bonds is 5. The minimum atomic E-state index is -3.33. The van der Waals surface area contributed by atoms with Crippen molar-refractivity contribution < 1.29 is 21.9 Å². The number of fused-ring (bicyclic) bond motifs is 1. The van der Waals surface area contributed by atoms with Crippen LogP contribution in [0, 0.1) is 11.6 Å². The molecule has 1 saturated heterocycles. The number of aromatic amines is 1. The fourth-order valence-electron chi connectivity index (χ4n) is 4.31. The molecule has 0 aliphatic carbocycles. The molecule has 2 aliphatic heterocycles. The lowest BCUT2D eigenvalue weighted by molar-refractivity contribution is 0.163. The van der Waals surface area contributed by atoms with Crippen molar-refractivity contribution >= 4 is 15.8 Å². The van der Waals surface area contributed by atoms with E-state index in [1.165, 1.54) is 22.7 Å². The fraction of sp³-hybridized carbons (Fsp3) is 0.409. The van der Waals surface area contributed by atoms with Crippen LogP contribution in [-0.4, -0.2) is 64.9 Å². The van der Waals surface area contributed by atoms with Crippen molar-refractivity contribution in [1.82, 2.24) is 24.5 Å². The predicted octanol–water partition coefficient (Wildman–Crippen LogP) is 2.51. The van der Waals surface area contributed by atoms with E-state index in [2.05, 4.69) is 15.1 Å². The van der Waals surface area contributed by atoms with Gasteiger partial charge in [-0.15, -0.1) is 0 Å². The van der Waals surface area contributed by atoms with Crippen molar-refractivity contribution in [1.29, 1.82) is 0 Å². The first-order valence-corrected chi connectivity index (χ1v) is 12.8. The molecule has 0 atom stereocenters. The van der Waals surface area contributed by atoms with Gasteiger partial charge in [0.2, 0.25) is 10.0 Å². The number of hydrogen-bond donors (Lipinski definition) is 1. The summed E-state index contributed by atoms with van der Waals surface area (Å²) in [6, 6.07) is 3.30. The minimum absolute atomic E-state index is 0.0444. The molecule has 5 rings (SSSR count). The van der Waals surface area contributed by atoms with E-state index in [1.807, 2.05) is 0 Å². The van der Waals surface area contributed by atoms with Crippen LogP contribution in [0.2, 0.25) is 0 Å². The highest BCUT2D eigenvalue weighted by atomic mass is 32.2. The number of ether oxygens (including phenoxy) is 1. The Bertz CT molecular complexity index is 1290. The quantitative estimate of drug-likeness (QED) is 0.586. The van der Waals surface area contributed by atoms with Crippen LogP contribution in [0.4, 0.5) is 14.6 Å². The van der Waals surface area contributed by atoms with E-state index in [1.54, 1.807) is 12.4 Å². The maximum atomic E-state index is 14.0. The first-order valence-electron chi connectivity index (χ1n) is 11.0. The van der Waals surface area contributed by atoms with Gasteiger partial charge in [-0.1, -0.05) is 0 Å². The van der Waals surface area contributed by atoms with Crippen LogP contribution in [0.1, 0.15) is 24.2 Å². The number of anilines is 1. The molecule has 34 heavy (non-hydrogen) atoms. The summed E-state index contributed by atoms with van der Waals surface area (Å²) in [7, 11) is -3.33. The molecule has 12 heteroatoms. The van der Waals surface area contributed by atoms with Crippen molar-refractivity contribution in [2.75, 3.05) is 30.8 Å². The number of hydrogen-bond acceptors (Lipinski definition) is 7. The Hall–Kier alpha value is -3.12. The van der Waals surface area contributed by atoms with Crippen molar-refractivity contribution in [3.63, 3.8) is 0 Å². The summed E-state index contributed by atoms with van der Waals surface area (Å²) in [5, 5.41) is 6.81. The number of aromatic nitrogens is 4. The molecule has 1 fully saturated rings. The maximum Gasteiger partial charge on any atom is 0.211 e. The Morgan fingerprint density at radius 1 is 1.12 bits per heavy atom. The van der Waals surface area contributed by atoms with Crippen LogP contribution >= 0.6 is 0 Å². The molecule has 180 valence electrons. The molecule has 0 amide bonds. The largest absolute Gasteiger partial charge is 0.487 e. The van der Waals surface area contributed by atoms with Gasteiger partial charge < -0.3 is 9.64 Å². The average Bonchev–Trinajstić information content (AvgIpc) is 3.34. The van der Waals surface area contributed by atoms with E-state index in [4.69, 9.17) is 14.7 Å². The van der Waals surface area contributed by atoms with Crippen LogP contribution in [0.3, 0.4) is 0 Å². The first-order chi connectivity index (χ1) is 16.3. The third-order valence-corrected chi connectivity index (χ3v) is 7.38. The van der Waals surface area contributed by atoms with E-state index in [0.717, 1.165) is 17.3 Å². The smallest absolute Gasteiger partial charge is 0.211 e. The van der Waals surface area contributed by atoms with Crippen molar-refractivity contribution in [3.8, 4) is 17.0 Å². The number of nitrogens with zero attached hydrogens (tertiary/aromatic N) is 5. The Labute approximate surface area is 195 Å². The molecule has 0 bridgehead atoms. The van der Waals surface area contributed by atoms with Crippen LogP contribution in [0.5, 0.6) is 5.75 Å². The average molecular weight is 491 g/mol. The van der Waals surface area contributed by atoms with E-state index in [9.17, 15) is 17.2 Å². The molecule has 0 radical (unpaired) electrons. The second kappa shape index (κ2) is 8.91. The second-order valence-electron chi connectivity index (χ2n) is 8.50. The van der Waals surface area contributed by atoms with Gasteiger partial charge in [-0.25, -0.2) is 27.2 Å². The van der Waals surface area contributed by atoms with Crippen molar-refractivity contribution in [2.45, 2.75) is 31.9 Å². The van der Waals surface area contributed by atoms with Gasteiger partial charge in [0.1, 0.15) is 17.6 Å². The van der Waals surface area contributed by atoms with E-state index in [-0.39, 0.29) is 18.4 Å². The third kappa shape index (κ3) is 4.60. The van der Waals surface area contributed by atoms with Crippen LogP contribution in [0.15, 0.2) is 30.6 Å². The highest BCUT2D eigenvalue weighted by Crippen LogP contribution is 2.33. The minimum Gasteiger partial charge on any atom is -0.487 e. The second-order valence-corrected chi connectivity index (χ2v) is 10.5. The number of piperidine rings is 1. The van der Waals surface area contributed by atoms with E-state index < -0.39 is 21.7 Å². The molecule has 2 aliphatic rings. The lowest BCUT2D eigenvalue weighted by Gasteiger charge is -2.34. The molecule has 1 N–H and O–H groups in total. The number of H-pyrrole nitrogens is 1. The molecule has 9 nitrogen and oxygen atoms in total. The van der Waals surface area contributed by atoms with Crippen LogP contribution in [0.25, 0.3) is 11.3 Å². The molecule has 1 aromatic carbocycles. The molecule has 0 spiro atoms. The third-order valence-electron chi connectivity index (χ3n) is 6.13. The van der Waals surface area contributed by atoms with Crippen molar-refractivity contribution in [3.05, 3.63) is 53.6 Å². The highest BCUT2D eigenvalue weighted by Gasteiger charge is 2.30. The molecular weight excluding hydrogens is 466 g/mol. The molecule has 3 aromatic rings. The van der Waals surface area contributed by atoms with Gasteiger partial charge in [0.05, 0.1) is 30.4 Å². The van der Waals surface area contributed by atoms with Gasteiger partial charge in [0.25, 0.3) is 0 Å². The number of halogens is 2. The Morgan fingerprint density at radius 3 is 2.59 bits per heavy atom. The molecular formula is C22H24F2N6O3S. The van der Waals surface area contributed by atoms with Gasteiger partial charge >= 0.3 is 0 Å². The van der Waals surface area contributed by atoms with Crippen LogP contribution in [-0.2, 0) is 23.0 Å². The molecule has 0 saturated carbocycles. The maximum absolute atomic E-state index is 14.0. The van der Waals surface area contributed by atoms with Gasteiger partial charge in [-0.3, -0.25) is 5.10 Å². The standard InChI is InChI=1S/C22H24F2N6O3S/c1-34(31,32)30-9-6-18-19(13-30)27-21(14-11-25-26-12-14)22(28-18)29-7-4-16(5-8-29)33-20-3-2-15(23)10-17(20)24/h2-3,10-12,16H,4-9,13H2,1H3,(H,25,26). The molecule has 0 unspecified atom stereocenters. The van der Waals surface area contributed by atoms with E-state index in [0.29, 0.717) is 56.1 Å². The Morgan fingerprint density at radius 2 is 1.91 bits per heavy atom. The summed E-state index contributed by atoms with van der Waals surface area (Å²) in [6.07, 6.45) is 6.11. The van der Waals surface area contributed by atoms with Gasteiger partial charge in [-0.2, -0.15) is 9.40 Å².